The Balaban J connectivity index is 1.51. The highest BCUT2D eigenvalue weighted by Gasteiger charge is 2.19. The van der Waals surface area contributed by atoms with Gasteiger partial charge >= 0.3 is 0 Å². The highest BCUT2D eigenvalue weighted by atomic mass is 16.5. The second-order valence-electron chi connectivity index (χ2n) is 6.46. The van der Waals surface area contributed by atoms with Crippen LogP contribution < -0.4 is 0 Å². The quantitative estimate of drug-likeness (QED) is 0.818. The summed E-state index contributed by atoms with van der Waals surface area (Å²) < 4.78 is 7.65. The van der Waals surface area contributed by atoms with Crippen LogP contribution in [0.5, 0.6) is 0 Å². The monoisotopic (exact) mass is 307 g/mol. The zero-order valence-corrected chi connectivity index (χ0v) is 13.5. The van der Waals surface area contributed by atoms with Crippen molar-refractivity contribution in [1.82, 2.24) is 15.0 Å². The molecule has 1 atom stereocenters. The Morgan fingerprint density at radius 3 is 2.74 bits per heavy atom. The summed E-state index contributed by atoms with van der Waals surface area (Å²) in [5.74, 6) is 7.17. The Labute approximate surface area is 136 Å². The van der Waals surface area contributed by atoms with Crippen molar-refractivity contribution in [3.63, 3.8) is 0 Å². The van der Waals surface area contributed by atoms with Gasteiger partial charge in [0.2, 0.25) is 0 Å². The van der Waals surface area contributed by atoms with E-state index < -0.39 is 0 Å². The third-order valence-corrected chi connectivity index (χ3v) is 4.54. The van der Waals surface area contributed by atoms with E-state index in [4.69, 9.17) is 4.74 Å². The molecule has 0 unspecified atom stereocenters. The van der Waals surface area contributed by atoms with Crippen LogP contribution >= 0.6 is 0 Å². The van der Waals surface area contributed by atoms with Crippen molar-refractivity contribution >= 4 is 0 Å². The van der Waals surface area contributed by atoms with Crippen LogP contribution in [0.4, 0.5) is 0 Å². The first-order valence-corrected chi connectivity index (χ1v) is 8.43. The van der Waals surface area contributed by atoms with Crippen molar-refractivity contribution in [2.45, 2.75) is 45.3 Å². The SMILES string of the molecule is Cc1c(-c2ccc(C#CC3CC3)cc2)nnn1C[C@H]1CCCO1. The molecule has 0 bridgehead atoms. The normalized spacial score (nSPS) is 20.3. The molecule has 2 aromatic rings. The van der Waals surface area contributed by atoms with Crippen molar-refractivity contribution in [2.75, 3.05) is 6.61 Å². The molecule has 1 aromatic heterocycles. The first-order valence-electron chi connectivity index (χ1n) is 8.43. The van der Waals surface area contributed by atoms with E-state index in [-0.39, 0.29) is 6.10 Å². The molecule has 0 radical (unpaired) electrons. The minimum absolute atomic E-state index is 0.281. The summed E-state index contributed by atoms with van der Waals surface area (Å²) in [6.45, 7) is 3.74. The standard InChI is InChI=1S/C19H21N3O/c1-14-19(20-21-22(14)13-18-3-2-12-23-18)17-10-8-16(9-11-17)7-6-15-4-5-15/h8-11,15,18H,2-5,12-13H2,1H3/t18-/m1/s1. The van der Waals surface area contributed by atoms with Crippen LogP contribution in [0, 0.1) is 24.7 Å². The summed E-state index contributed by atoms with van der Waals surface area (Å²) in [5, 5.41) is 8.67. The van der Waals surface area contributed by atoms with Gasteiger partial charge in [0.25, 0.3) is 0 Å². The fraction of sp³-hybridized carbons (Fsp3) is 0.474. The highest BCUT2D eigenvalue weighted by molar-refractivity contribution is 5.62. The number of nitrogens with zero attached hydrogens (tertiary/aromatic N) is 3. The molecule has 0 spiro atoms. The first kappa shape index (κ1) is 14.5. The average molecular weight is 307 g/mol. The van der Waals surface area contributed by atoms with Gasteiger partial charge in [0.15, 0.2) is 0 Å². The zero-order valence-electron chi connectivity index (χ0n) is 13.5. The molecule has 4 rings (SSSR count). The van der Waals surface area contributed by atoms with Gasteiger partial charge in [-0.3, -0.25) is 0 Å². The van der Waals surface area contributed by atoms with Crippen molar-refractivity contribution in [1.29, 1.82) is 0 Å². The number of hydrogen-bond acceptors (Lipinski definition) is 3. The molecule has 1 aromatic carbocycles. The number of hydrogen-bond donors (Lipinski definition) is 0. The Hall–Kier alpha value is -2.12. The summed E-state index contributed by atoms with van der Waals surface area (Å²) in [6.07, 6.45) is 5.07. The van der Waals surface area contributed by atoms with Gasteiger partial charge in [-0.15, -0.1) is 5.10 Å². The van der Waals surface area contributed by atoms with Crippen LogP contribution in [0.2, 0.25) is 0 Å². The summed E-state index contributed by atoms with van der Waals surface area (Å²) in [5.41, 5.74) is 4.21. The maximum absolute atomic E-state index is 5.69. The van der Waals surface area contributed by atoms with Crippen molar-refractivity contribution in [2.24, 2.45) is 5.92 Å². The molecule has 4 nitrogen and oxygen atoms in total. The van der Waals surface area contributed by atoms with Gasteiger partial charge in [-0.25, -0.2) is 4.68 Å². The van der Waals surface area contributed by atoms with Gasteiger partial charge in [0.1, 0.15) is 5.69 Å². The lowest BCUT2D eigenvalue weighted by atomic mass is 10.1. The van der Waals surface area contributed by atoms with E-state index in [2.05, 4.69) is 53.3 Å². The molecular weight excluding hydrogens is 286 g/mol. The van der Waals surface area contributed by atoms with Crippen molar-refractivity contribution in [3.05, 3.63) is 35.5 Å². The van der Waals surface area contributed by atoms with Gasteiger partial charge < -0.3 is 4.74 Å². The third kappa shape index (κ3) is 3.30. The summed E-state index contributed by atoms with van der Waals surface area (Å²) >= 11 is 0. The maximum Gasteiger partial charge on any atom is 0.115 e. The molecule has 0 N–H and O–H groups in total. The van der Waals surface area contributed by atoms with Gasteiger partial charge in [0.05, 0.1) is 18.3 Å². The molecule has 1 aliphatic heterocycles. The van der Waals surface area contributed by atoms with Crippen LogP contribution in [0.3, 0.4) is 0 Å². The van der Waals surface area contributed by atoms with E-state index >= 15 is 0 Å². The van der Waals surface area contributed by atoms with Crippen LogP contribution in [0.1, 0.15) is 36.9 Å². The molecule has 2 heterocycles. The van der Waals surface area contributed by atoms with Gasteiger partial charge in [-0.1, -0.05) is 29.2 Å². The van der Waals surface area contributed by atoms with E-state index in [0.29, 0.717) is 5.92 Å². The Kier molecular flexibility index (Phi) is 3.88. The molecule has 2 aliphatic rings. The Bertz CT molecular complexity index is 741. The Morgan fingerprint density at radius 1 is 1.22 bits per heavy atom. The number of ether oxygens (including phenoxy) is 1. The lowest BCUT2D eigenvalue weighted by Crippen LogP contribution is -2.17. The molecular formula is C19H21N3O. The maximum atomic E-state index is 5.69. The molecule has 1 saturated carbocycles. The number of rotatable bonds is 3. The summed E-state index contributed by atoms with van der Waals surface area (Å²) in [7, 11) is 0. The lowest BCUT2D eigenvalue weighted by Gasteiger charge is -2.10. The molecule has 4 heteroatoms. The van der Waals surface area contributed by atoms with Gasteiger partial charge in [-0.2, -0.15) is 0 Å². The van der Waals surface area contributed by atoms with Gasteiger partial charge in [0, 0.05) is 23.7 Å². The molecule has 2 fully saturated rings. The van der Waals surface area contributed by atoms with Crippen molar-refractivity contribution < 1.29 is 4.74 Å². The topological polar surface area (TPSA) is 39.9 Å². The minimum Gasteiger partial charge on any atom is -0.376 e. The average Bonchev–Trinajstić information content (AvgIpc) is 3.14. The first-order chi connectivity index (χ1) is 11.3. The third-order valence-electron chi connectivity index (χ3n) is 4.54. The summed E-state index contributed by atoms with van der Waals surface area (Å²) in [6, 6.07) is 8.32. The molecule has 23 heavy (non-hydrogen) atoms. The van der Waals surface area contributed by atoms with E-state index in [1.165, 1.54) is 12.8 Å². The predicted octanol–water partition coefficient (Wildman–Crippen LogP) is 3.19. The van der Waals surface area contributed by atoms with Crippen LogP contribution in [0.25, 0.3) is 11.3 Å². The van der Waals surface area contributed by atoms with E-state index in [1.807, 2.05) is 4.68 Å². The van der Waals surface area contributed by atoms with E-state index in [1.54, 1.807) is 0 Å². The number of aromatic nitrogens is 3. The fourth-order valence-electron chi connectivity index (χ4n) is 2.91. The van der Waals surface area contributed by atoms with Crippen molar-refractivity contribution in [3.8, 4) is 23.1 Å². The van der Waals surface area contributed by atoms with E-state index in [9.17, 15) is 0 Å². The minimum atomic E-state index is 0.281. The lowest BCUT2D eigenvalue weighted by molar-refractivity contribution is 0.0929. The Morgan fingerprint density at radius 2 is 2.04 bits per heavy atom. The zero-order chi connectivity index (χ0) is 15.6. The van der Waals surface area contributed by atoms with Crippen LogP contribution in [-0.2, 0) is 11.3 Å². The molecule has 1 saturated heterocycles. The largest absolute Gasteiger partial charge is 0.376 e. The second kappa shape index (κ2) is 6.17. The van der Waals surface area contributed by atoms with Crippen LogP contribution in [0.15, 0.2) is 24.3 Å². The second-order valence-corrected chi connectivity index (χ2v) is 6.46. The highest BCUT2D eigenvalue weighted by Crippen LogP contribution is 2.28. The van der Waals surface area contributed by atoms with E-state index in [0.717, 1.165) is 48.5 Å². The number of benzene rings is 1. The smallest absolute Gasteiger partial charge is 0.115 e. The predicted molar refractivity (Wildman–Crippen MR) is 88.8 cm³/mol. The fourth-order valence-corrected chi connectivity index (χ4v) is 2.91. The summed E-state index contributed by atoms with van der Waals surface area (Å²) in [4.78, 5) is 0. The molecule has 1 aliphatic carbocycles. The van der Waals surface area contributed by atoms with Crippen LogP contribution in [-0.4, -0.2) is 27.7 Å². The molecule has 118 valence electrons. The molecule has 0 amide bonds. The van der Waals surface area contributed by atoms with Gasteiger partial charge in [-0.05, 0) is 44.7 Å².